The van der Waals surface area contributed by atoms with E-state index in [4.69, 9.17) is 9.47 Å². The van der Waals surface area contributed by atoms with Gasteiger partial charge in [0.2, 0.25) is 5.91 Å². The summed E-state index contributed by atoms with van der Waals surface area (Å²) < 4.78 is 10.7. The number of rotatable bonds is 4. The van der Waals surface area contributed by atoms with Crippen LogP contribution in [0.25, 0.3) is 0 Å². The van der Waals surface area contributed by atoms with Gasteiger partial charge in [0, 0.05) is 26.1 Å². The molecule has 0 bridgehead atoms. The number of carbonyl (C=O) groups is 1. The maximum atomic E-state index is 11.9. The van der Waals surface area contributed by atoms with Crippen molar-refractivity contribution in [1.29, 1.82) is 0 Å². The third kappa shape index (κ3) is 2.95. The average Bonchev–Trinajstić information content (AvgIpc) is 2.27. The molecule has 1 saturated heterocycles. The third-order valence-electron chi connectivity index (χ3n) is 3.42. The summed E-state index contributed by atoms with van der Waals surface area (Å²) in [5, 5.41) is 0. The summed E-state index contributed by atoms with van der Waals surface area (Å²) in [6.07, 6.45) is 3.23. The Labute approximate surface area is 96.9 Å². The van der Waals surface area contributed by atoms with Crippen LogP contribution in [0.2, 0.25) is 0 Å². The Morgan fingerprint density at radius 2 is 2.06 bits per heavy atom. The van der Waals surface area contributed by atoms with Crippen LogP contribution in [0.3, 0.4) is 0 Å². The number of amides is 1. The quantitative estimate of drug-likeness (QED) is 0.720. The highest BCUT2D eigenvalue weighted by Gasteiger charge is 2.32. The van der Waals surface area contributed by atoms with Gasteiger partial charge in [0.05, 0.1) is 19.3 Å². The molecule has 4 nitrogen and oxygen atoms in total. The van der Waals surface area contributed by atoms with Crippen LogP contribution in [-0.4, -0.2) is 49.8 Å². The van der Waals surface area contributed by atoms with Crippen LogP contribution in [0.4, 0.5) is 0 Å². The molecule has 1 heterocycles. The van der Waals surface area contributed by atoms with E-state index in [1.165, 1.54) is 0 Å². The van der Waals surface area contributed by atoms with Gasteiger partial charge in [-0.05, 0) is 25.7 Å². The van der Waals surface area contributed by atoms with Gasteiger partial charge in [-0.2, -0.15) is 0 Å². The van der Waals surface area contributed by atoms with Crippen molar-refractivity contribution in [3.63, 3.8) is 0 Å². The van der Waals surface area contributed by atoms with Crippen molar-refractivity contribution in [2.24, 2.45) is 5.92 Å². The Morgan fingerprint density at radius 3 is 2.69 bits per heavy atom. The predicted octanol–water partition coefficient (Wildman–Crippen LogP) is 1.05. The number of morpholine rings is 1. The molecule has 1 aliphatic carbocycles. The van der Waals surface area contributed by atoms with Crippen LogP contribution in [-0.2, 0) is 14.3 Å². The molecule has 1 amide bonds. The van der Waals surface area contributed by atoms with Crippen molar-refractivity contribution in [2.45, 2.75) is 32.3 Å². The van der Waals surface area contributed by atoms with E-state index < -0.39 is 0 Å². The molecule has 4 heteroatoms. The highest BCUT2D eigenvalue weighted by atomic mass is 16.5. The number of hydrogen-bond donors (Lipinski definition) is 0. The maximum absolute atomic E-state index is 11.9. The molecule has 1 aliphatic heterocycles. The molecular formula is C12H21NO3. The van der Waals surface area contributed by atoms with E-state index in [0.717, 1.165) is 32.5 Å². The minimum Gasteiger partial charge on any atom is -0.378 e. The van der Waals surface area contributed by atoms with E-state index in [9.17, 15) is 4.79 Å². The minimum atomic E-state index is 0.295. The molecule has 92 valence electrons. The fourth-order valence-corrected chi connectivity index (χ4v) is 2.40. The molecule has 0 unspecified atom stereocenters. The van der Waals surface area contributed by atoms with Gasteiger partial charge in [-0.25, -0.2) is 0 Å². The zero-order chi connectivity index (χ0) is 11.4. The number of nitrogens with zero attached hydrogens (tertiary/aromatic N) is 1. The van der Waals surface area contributed by atoms with Gasteiger partial charge < -0.3 is 14.4 Å². The van der Waals surface area contributed by atoms with Gasteiger partial charge in [0.15, 0.2) is 0 Å². The van der Waals surface area contributed by atoms with Crippen LogP contribution >= 0.6 is 0 Å². The van der Waals surface area contributed by atoms with Crippen molar-refractivity contribution in [1.82, 2.24) is 4.90 Å². The molecule has 0 radical (unpaired) electrons. The lowest BCUT2D eigenvalue weighted by molar-refractivity contribution is -0.138. The van der Waals surface area contributed by atoms with Gasteiger partial charge in [0.1, 0.15) is 0 Å². The van der Waals surface area contributed by atoms with Crippen LogP contribution in [0.1, 0.15) is 26.2 Å². The Morgan fingerprint density at radius 1 is 1.38 bits per heavy atom. The van der Waals surface area contributed by atoms with Gasteiger partial charge in [-0.3, -0.25) is 4.79 Å². The van der Waals surface area contributed by atoms with E-state index >= 15 is 0 Å². The first-order valence-corrected chi connectivity index (χ1v) is 6.26. The summed E-state index contributed by atoms with van der Waals surface area (Å²) in [4.78, 5) is 13.8. The summed E-state index contributed by atoms with van der Waals surface area (Å²) >= 11 is 0. The fourth-order valence-electron chi connectivity index (χ4n) is 2.40. The topological polar surface area (TPSA) is 38.8 Å². The average molecular weight is 227 g/mol. The molecule has 0 atom stereocenters. The molecule has 2 aliphatic rings. The van der Waals surface area contributed by atoms with Gasteiger partial charge in [0.25, 0.3) is 0 Å². The standard InChI is InChI=1S/C12H21NO3/c1-2-16-11-7-10(8-11)9-12(14)13-3-5-15-6-4-13/h10-11H,2-9H2,1H3. The Hall–Kier alpha value is -0.610. The van der Waals surface area contributed by atoms with Crippen molar-refractivity contribution < 1.29 is 14.3 Å². The van der Waals surface area contributed by atoms with Crippen molar-refractivity contribution in [3.8, 4) is 0 Å². The molecule has 0 N–H and O–H groups in total. The maximum Gasteiger partial charge on any atom is 0.223 e. The molecule has 0 spiro atoms. The summed E-state index contributed by atoms with van der Waals surface area (Å²) in [5.41, 5.74) is 0. The molecule has 0 aromatic heterocycles. The van der Waals surface area contributed by atoms with Crippen molar-refractivity contribution in [2.75, 3.05) is 32.9 Å². The minimum absolute atomic E-state index is 0.295. The van der Waals surface area contributed by atoms with E-state index in [1.807, 2.05) is 11.8 Å². The lowest BCUT2D eigenvalue weighted by Gasteiger charge is -2.36. The molecular weight excluding hydrogens is 206 g/mol. The molecule has 1 saturated carbocycles. The molecule has 2 fully saturated rings. The van der Waals surface area contributed by atoms with Gasteiger partial charge >= 0.3 is 0 Å². The van der Waals surface area contributed by atoms with Crippen LogP contribution in [0.15, 0.2) is 0 Å². The second-order valence-corrected chi connectivity index (χ2v) is 4.61. The molecule has 16 heavy (non-hydrogen) atoms. The van der Waals surface area contributed by atoms with Gasteiger partial charge in [-0.15, -0.1) is 0 Å². The Bertz CT molecular complexity index is 232. The zero-order valence-electron chi connectivity index (χ0n) is 9.98. The van der Waals surface area contributed by atoms with E-state index in [2.05, 4.69) is 0 Å². The number of ether oxygens (including phenoxy) is 2. The van der Waals surface area contributed by atoms with Crippen molar-refractivity contribution >= 4 is 5.91 Å². The number of carbonyl (C=O) groups excluding carboxylic acids is 1. The fraction of sp³-hybridized carbons (Fsp3) is 0.917. The normalized spacial score (nSPS) is 29.9. The second-order valence-electron chi connectivity index (χ2n) is 4.61. The van der Waals surface area contributed by atoms with Gasteiger partial charge in [-0.1, -0.05) is 0 Å². The highest BCUT2D eigenvalue weighted by Crippen LogP contribution is 2.33. The molecule has 0 aromatic rings. The van der Waals surface area contributed by atoms with Crippen molar-refractivity contribution in [3.05, 3.63) is 0 Å². The largest absolute Gasteiger partial charge is 0.378 e. The first-order valence-electron chi connectivity index (χ1n) is 6.26. The summed E-state index contributed by atoms with van der Waals surface area (Å²) in [7, 11) is 0. The van der Waals surface area contributed by atoms with Crippen LogP contribution < -0.4 is 0 Å². The van der Waals surface area contributed by atoms with Crippen LogP contribution in [0, 0.1) is 5.92 Å². The zero-order valence-corrected chi connectivity index (χ0v) is 9.98. The lowest BCUT2D eigenvalue weighted by Crippen LogP contribution is -2.43. The van der Waals surface area contributed by atoms with Crippen LogP contribution in [0.5, 0.6) is 0 Å². The summed E-state index contributed by atoms with van der Waals surface area (Å²) in [6.45, 7) is 5.72. The Kier molecular flexibility index (Phi) is 4.18. The van der Waals surface area contributed by atoms with E-state index in [1.54, 1.807) is 0 Å². The second kappa shape index (κ2) is 5.64. The molecule has 2 rings (SSSR count). The number of hydrogen-bond acceptors (Lipinski definition) is 3. The predicted molar refractivity (Wildman–Crippen MR) is 60.2 cm³/mol. The first kappa shape index (κ1) is 11.9. The first-order chi connectivity index (χ1) is 7.79. The highest BCUT2D eigenvalue weighted by molar-refractivity contribution is 5.76. The Balaban J connectivity index is 1.64. The SMILES string of the molecule is CCOC1CC(CC(=O)N2CCOCC2)C1. The monoisotopic (exact) mass is 227 g/mol. The van der Waals surface area contributed by atoms with E-state index in [-0.39, 0.29) is 0 Å². The third-order valence-corrected chi connectivity index (χ3v) is 3.42. The summed E-state index contributed by atoms with van der Waals surface area (Å²) in [6, 6.07) is 0. The summed E-state index contributed by atoms with van der Waals surface area (Å²) in [5.74, 6) is 0.843. The smallest absolute Gasteiger partial charge is 0.223 e. The lowest BCUT2D eigenvalue weighted by atomic mass is 9.79. The molecule has 0 aromatic carbocycles. The van der Waals surface area contributed by atoms with E-state index in [0.29, 0.717) is 37.6 Å².